The summed E-state index contributed by atoms with van der Waals surface area (Å²) in [6, 6.07) is 9.17. The normalized spacial score (nSPS) is 14.8. The van der Waals surface area contributed by atoms with Crippen LogP contribution in [0.1, 0.15) is 11.1 Å². The lowest BCUT2D eigenvalue weighted by atomic mass is 10.1. The first-order valence-corrected chi connectivity index (χ1v) is 6.79. The molecule has 6 nitrogen and oxygen atoms in total. The molecule has 3 rings (SSSR count). The number of nitrogens with one attached hydrogen (secondary N) is 1. The Labute approximate surface area is 130 Å². The lowest BCUT2D eigenvalue weighted by Gasteiger charge is -2.04. The van der Waals surface area contributed by atoms with E-state index >= 15 is 0 Å². The van der Waals surface area contributed by atoms with Gasteiger partial charge in [0.2, 0.25) is 0 Å². The van der Waals surface area contributed by atoms with Crippen LogP contribution in [0, 0.1) is 17.0 Å². The van der Waals surface area contributed by atoms with Gasteiger partial charge in [-0.1, -0.05) is 17.7 Å². The van der Waals surface area contributed by atoms with Gasteiger partial charge in [-0.3, -0.25) is 14.9 Å². The molecule has 0 unspecified atom stereocenters. The number of non-ortho nitro benzene ring substituents is 1. The first kappa shape index (κ1) is 14.2. The summed E-state index contributed by atoms with van der Waals surface area (Å²) in [5.41, 5.74) is 2.72. The Hall–Kier alpha value is -2.73. The Morgan fingerprint density at radius 2 is 1.86 bits per heavy atom. The summed E-state index contributed by atoms with van der Waals surface area (Å²) in [4.78, 5) is 26.5. The van der Waals surface area contributed by atoms with Crippen LogP contribution in [-0.4, -0.2) is 16.5 Å². The topological polar surface area (TPSA) is 84.6 Å². The molecule has 1 aliphatic rings. The van der Waals surface area contributed by atoms with E-state index in [1.54, 1.807) is 6.07 Å². The second-order valence-corrected chi connectivity index (χ2v) is 5.21. The molecule has 0 spiro atoms. The molecule has 0 atom stereocenters. The third-order valence-electron chi connectivity index (χ3n) is 3.35. The molecule has 1 aliphatic heterocycles. The standard InChI is InChI=1S/C15H10ClN3O3/c1-8-2-7-11(16)12-13(8)18-15(20)14(12)17-9-3-5-10(6-4-9)19(21)22/h2-7H,1H3,(H,17,18,20). The summed E-state index contributed by atoms with van der Waals surface area (Å²) in [6.45, 7) is 1.87. The van der Waals surface area contributed by atoms with Crippen LogP contribution in [0.5, 0.6) is 0 Å². The first-order chi connectivity index (χ1) is 10.5. The second-order valence-electron chi connectivity index (χ2n) is 4.80. The van der Waals surface area contributed by atoms with E-state index in [0.717, 1.165) is 5.56 Å². The summed E-state index contributed by atoms with van der Waals surface area (Å²) in [5, 5.41) is 13.8. The van der Waals surface area contributed by atoms with Crippen LogP contribution in [0.15, 0.2) is 41.4 Å². The minimum atomic E-state index is -0.491. The van der Waals surface area contributed by atoms with Crippen molar-refractivity contribution in [3.05, 3.63) is 62.7 Å². The van der Waals surface area contributed by atoms with Gasteiger partial charge in [-0.25, -0.2) is 4.99 Å². The predicted molar refractivity (Wildman–Crippen MR) is 84.1 cm³/mol. The van der Waals surface area contributed by atoms with Crippen molar-refractivity contribution in [2.75, 3.05) is 5.32 Å². The van der Waals surface area contributed by atoms with E-state index in [2.05, 4.69) is 10.3 Å². The summed E-state index contributed by atoms with van der Waals surface area (Å²) >= 11 is 6.17. The van der Waals surface area contributed by atoms with Crippen LogP contribution in [0.3, 0.4) is 0 Å². The summed E-state index contributed by atoms with van der Waals surface area (Å²) < 4.78 is 0. The number of amides is 1. The number of halogens is 1. The lowest BCUT2D eigenvalue weighted by Crippen LogP contribution is -2.14. The molecule has 0 fully saturated rings. The van der Waals surface area contributed by atoms with Gasteiger partial charge in [-0.2, -0.15) is 0 Å². The fraction of sp³-hybridized carbons (Fsp3) is 0.0667. The maximum atomic E-state index is 12.1. The second kappa shape index (κ2) is 5.23. The van der Waals surface area contributed by atoms with Crippen LogP contribution in [0.4, 0.5) is 17.1 Å². The number of carbonyl (C=O) groups is 1. The van der Waals surface area contributed by atoms with E-state index < -0.39 is 4.92 Å². The van der Waals surface area contributed by atoms with Gasteiger partial charge in [0, 0.05) is 17.7 Å². The number of aliphatic imine (C=N–C) groups is 1. The average Bonchev–Trinajstić information content (AvgIpc) is 2.82. The Kier molecular flexibility index (Phi) is 3.38. The van der Waals surface area contributed by atoms with Crippen molar-refractivity contribution in [3.63, 3.8) is 0 Å². The highest BCUT2D eigenvalue weighted by Gasteiger charge is 2.29. The summed E-state index contributed by atoms with van der Waals surface area (Å²) in [5.74, 6) is -0.343. The molecular formula is C15H10ClN3O3. The summed E-state index contributed by atoms with van der Waals surface area (Å²) in [7, 11) is 0. The fourth-order valence-electron chi connectivity index (χ4n) is 2.24. The van der Waals surface area contributed by atoms with Crippen molar-refractivity contribution in [2.24, 2.45) is 4.99 Å². The minimum Gasteiger partial charge on any atom is -0.320 e. The monoisotopic (exact) mass is 315 g/mol. The molecule has 1 N–H and O–H groups in total. The molecule has 1 amide bonds. The van der Waals surface area contributed by atoms with E-state index in [9.17, 15) is 14.9 Å². The molecule has 0 aliphatic carbocycles. The van der Waals surface area contributed by atoms with E-state index in [0.29, 0.717) is 22.0 Å². The van der Waals surface area contributed by atoms with Crippen LogP contribution in [0.2, 0.25) is 5.02 Å². The number of benzene rings is 2. The Balaban J connectivity index is 2.08. The molecule has 22 heavy (non-hydrogen) atoms. The number of nitro benzene ring substituents is 1. The number of hydrogen-bond donors (Lipinski definition) is 1. The maximum absolute atomic E-state index is 12.1. The van der Waals surface area contributed by atoms with Crippen LogP contribution < -0.4 is 5.32 Å². The number of nitrogens with zero attached hydrogens (tertiary/aromatic N) is 2. The van der Waals surface area contributed by atoms with Crippen molar-refractivity contribution in [3.8, 4) is 0 Å². The van der Waals surface area contributed by atoms with Crippen molar-refractivity contribution < 1.29 is 9.72 Å². The Bertz CT molecular complexity index is 829. The SMILES string of the molecule is Cc1ccc(Cl)c2c1NC(=O)C2=Nc1ccc([N+](=O)[O-])cc1. The number of fused-ring (bicyclic) bond motifs is 1. The van der Waals surface area contributed by atoms with Gasteiger partial charge in [0.1, 0.15) is 5.71 Å². The van der Waals surface area contributed by atoms with Gasteiger partial charge in [-0.05, 0) is 30.7 Å². The molecule has 0 aromatic heterocycles. The average molecular weight is 316 g/mol. The van der Waals surface area contributed by atoms with Gasteiger partial charge in [0.15, 0.2) is 0 Å². The highest BCUT2D eigenvalue weighted by atomic mass is 35.5. The molecule has 1 heterocycles. The summed E-state index contributed by atoms with van der Waals surface area (Å²) in [6.07, 6.45) is 0. The number of aryl methyl sites for hydroxylation is 1. The van der Waals surface area contributed by atoms with E-state index in [1.165, 1.54) is 24.3 Å². The smallest absolute Gasteiger partial charge is 0.275 e. The Morgan fingerprint density at radius 1 is 1.18 bits per heavy atom. The molecule has 110 valence electrons. The molecule has 7 heteroatoms. The van der Waals surface area contributed by atoms with Gasteiger partial charge in [-0.15, -0.1) is 0 Å². The van der Waals surface area contributed by atoms with Gasteiger partial charge in [0.05, 0.1) is 21.3 Å². The largest absolute Gasteiger partial charge is 0.320 e. The van der Waals surface area contributed by atoms with E-state index in [4.69, 9.17) is 11.6 Å². The minimum absolute atomic E-state index is 0.0332. The zero-order chi connectivity index (χ0) is 15.9. The van der Waals surface area contributed by atoms with E-state index in [-0.39, 0.29) is 17.3 Å². The number of hydrogen-bond acceptors (Lipinski definition) is 4. The van der Waals surface area contributed by atoms with Crippen LogP contribution in [-0.2, 0) is 4.79 Å². The number of nitro groups is 1. The highest BCUT2D eigenvalue weighted by Crippen LogP contribution is 2.34. The van der Waals surface area contributed by atoms with Gasteiger partial charge >= 0.3 is 0 Å². The Morgan fingerprint density at radius 3 is 2.50 bits per heavy atom. The van der Waals surface area contributed by atoms with Crippen molar-refractivity contribution >= 4 is 40.3 Å². The predicted octanol–water partition coefficient (Wildman–Crippen LogP) is 3.63. The molecular weight excluding hydrogens is 306 g/mol. The molecule has 2 aromatic rings. The number of anilines is 1. The van der Waals surface area contributed by atoms with Gasteiger partial charge < -0.3 is 5.32 Å². The highest BCUT2D eigenvalue weighted by molar-refractivity contribution is 6.57. The van der Waals surface area contributed by atoms with Crippen molar-refractivity contribution in [1.29, 1.82) is 0 Å². The lowest BCUT2D eigenvalue weighted by molar-refractivity contribution is -0.384. The number of carbonyl (C=O) groups excluding carboxylic acids is 1. The maximum Gasteiger partial charge on any atom is 0.275 e. The molecule has 0 saturated carbocycles. The quantitative estimate of drug-likeness (QED) is 0.678. The molecule has 2 aromatic carbocycles. The van der Waals surface area contributed by atoms with Crippen molar-refractivity contribution in [2.45, 2.75) is 6.92 Å². The first-order valence-electron chi connectivity index (χ1n) is 6.41. The zero-order valence-corrected chi connectivity index (χ0v) is 12.2. The van der Waals surface area contributed by atoms with E-state index in [1.807, 2.05) is 13.0 Å². The van der Waals surface area contributed by atoms with Crippen LogP contribution in [0.25, 0.3) is 0 Å². The van der Waals surface area contributed by atoms with Crippen LogP contribution >= 0.6 is 11.6 Å². The molecule has 0 saturated heterocycles. The molecule has 0 radical (unpaired) electrons. The van der Waals surface area contributed by atoms with Gasteiger partial charge in [0.25, 0.3) is 11.6 Å². The van der Waals surface area contributed by atoms with Crippen molar-refractivity contribution in [1.82, 2.24) is 0 Å². The fourth-order valence-corrected chi connectivity index (χ4v) is 2.49. The third kappa shape index (κ3) is 2.33. The zero-order valence-electron chi connectivity index (χ0n) is 11.5. The third-order valence-corrected chi connectivity index (χ3v) is 3.67. The molecule has 0 bridgehead atoms. The number of rotatable bonds is 2.